The second-order valence-corrected chi connectivity index (χ2v) is 5.69. The smallest absolute Gasteiger partial charge is 0.0938 e. The summed E-state index contributed by atoms with van der Waals surface area (Å²) in [6.45, 7) is 1.38. The minimum atomic E-state index is 0. The number of aryl methyl sites for hydroxylation is 2. The fourth-order valence-electron chi connectivity index (χ4n) is 2.24. The molecule has 0 bridgehead atoms. The van der Waals surface area contributed by atoms with Gasteiger partial charge in [0, 0.05) is 17.0 Å². The molecule has 0 aliphatic heterocycles. The first-order valence-corrected chi connectivity index (χ1v) is 6.52. The molecule has 1 aliphatic carbocycles. The van der Waals surface area contributed by atoms with Gasteiger partial charge in [-0.2, -0.15) is 5.10 Å². The zero-order valence-electron chi connectivity index (χ0n) is 9.15. The van der Waals surface area contributed by atoms with Gasteiger partial charge in [-0.05, 0) is 24.5 Å². The van der Waals surface area contributed by atoms with E-state index < -0.39 is 0 Å². The predicted octanol–water partition coefficient (Wildman–Crippen LogP) is 2.74. The highest BCUT2D eigenvalue weighted by molar-refractivity contribution is 7.16. The van der Waals surface area contributed by atoms with E-state index in [-0.39, 0.29) is 12.4 Å². The molecule has 0 radical (unpaired) electrons. The minimum Gasteiger partial charge on any atom is -0.329 e. The molecule has 0 spiro atoms. The maximum atomic E-state index is 6.08. The van der Waals surface area contributed by atoms with Gasteiger partial charge in [0.05, 0.1) is 22.8 Å². The molecule has 6 heteroatoms. The third kappa shape index (κ3) is 2.10. The number of thiophene rings is 1. The topological polar surface area (TPSA) is 43.8 Å². The third-order valence-electron chi connectivity index (χ3n) is 2.91. The van der Waals surface area contributed by atoms with Crippen LogP contribution in [-0.2, 0) is 19.4 Å². The molecule has 3 rings (SSSR count). The van der Waals surface area contributed by atoms with Crippen molar-refractivity contribution in [2.45, 2.75) is 19.4 Å². The van der Waals surface area contributed by atoms with Crippen molar-refractivity contribution in [2.24, 2.45) is 5.73 Å². The second kappa shape index (κ2) is 4.98. The van der Waals surface area contributed by atoms with Crippen LogP contribution in [0, 0.1) is 0 Å². The van der Waals surface area contributed by atoms with Crippen LogP contribution in [0.3, 0.4) is 0 Å². The summed E-state index contributed by atoms with van der Waals surface area (Å²) in [4.78, 5) is 1.37. The zero-order valence-corrected chi connectivity index (χ0v) is 11.5. The first kappa shape index (κ1) is 12.9. The van der Waals surface area contributed by atoms with Gasteiger partial charge in [0.15, 0.2) is 0 Å². The standard InChI is InChI=1S/C11H12ClN3S.ClH/c12-10-5-8-9(16-10)2-1-7-6-14-15(4-3-13)11(7)8;/h5-6H,1-4,13H2;1H. The van der Waals surface area contributed by atoms with Crippen LogP contribution >= 0.6 is 35.3 Å². The minimum absolute atomic E-state index is 0. The predicted molar refractivity (Wildman–Crippen MR) is 74.3 cm³/mol. The summed E-state index contributed by atoms with van der Waals surface area (Å²) in [5, 5.41) is 4.39. The summed E-state index contributed by atoms with van der Waals surface area (Å²) >= 11 is 7.75. The molecule has 2 N–H and O–H groups in total. The van der Waals surface area contributed by atoms with E-state index in [1.165, 1.54) is 21.7 Å². The number of hydrogen-bond acceptors (Lipinski definition) is 3. The Labute approximate surface area is 115 Å². The van der Waals surface area contributed by atoms with E-state index in [9.17, 15) is 0 Å². The largest absolute Gasteiger partial charge is 0.329 e. The molecule has 0 saturated heterocycles. The number of fused-ring (bicyclic) bond motifs is 3. The van der Waals surface area contributed by atoms with E-state index in [4.69, 9.17) is 17.3 Å². The maximum Gasteiger partial charge on any atom is 0.0938 e. The molecule has 2 aromatic rings. The molecular formula is C11H13Cl2N3S. The van der Waals surface area contributed by atoms with Crippen molar-refractivity contribution in [2.75, 3.05) is 6.54 Å². The average Bonchev–Trinajstić information content (AvgIpc) is 2.81. The highest BCUT2D eigenvalue weighted by Gasteiger charge is 2.22. The Morgan fingerprint density at radius 2 is 2.29 bits per heavy atom. The van der Waals surface area contributed by atoms with Crippen LogP contribution in [0.4, 0.5) is 0 Å². The monoisotopic (exact) mass is 289 g/mol. The number of nitrogens with two attached hydrogens (primary N) is 1. The summed E-state index contributed by atoms with van der Waals surface area (Å²) in [5.74, 6) is 0. The van der Waals surface area contributed by atoms with Crippen molar-refractivity contribution in [3.63, 3.8) is 0 Å². The van der Waals surface area contributed by atoms with E-state index in [0.717, 1.165) is 23.7 Å². The molecule has 2 aromatic heterocycles. The van der Waals surface area contributed by atoms with Crippen LogP contribution in [0.5, 0.6) is 0 Å². The Bertz CT molecular complexity index is 533. The van der Waals surface area contributed by atoms with Crippen molar-refractivity contribution in [3.8, 4) is 11.3 Å². The molecule has 0 aromatic carbocycles. The lowest BCUT2D eigenvalue weighted by Crippen LogP contribution is -2.13. The number of aromatic nitrogens is 2. The van der Waals surface area contributed by atoms with Gasteiger partial charge in [0.2, 0.25) is 0 Å². The van der Waals surface area contributed by atoms with Crippen molar-refractivity contribution in [1.29, 1.82) is 0 Å². The third-order valence-corrected chi connectivity index (χ3v) is 4.24. The van der Waals surface area contributed by atoms with Crippen molar-refractivity contribution in [1.82, 2.24) is 9.78 Å². The van der Waals surface area contributed by atoms with Gasteiger partial charge >= 0.3 is 0 Å². The highest BCUT2D eigenvalue weighted by atomic mass is 35.5. The fourth-order valence-corrected chi connectivity index (χ4v) is 3.51. The molecule has 0 saturated carbocycles. The Balaban J connectivity index is 0.00000108. The Morgan fingerprint density at radius 1 is 1.47 bits per heavy atom. The quantitative estimate of drug-likeness (QED) is 0.924. The molecule has 0 unspecified atom stereocenters. The van der Waals surface area contributed by atoms with Crippen LogP contribution in [0.1, 0.15) is 10.4 Å². The second-order valence-electron chi connectivity index (χ2n) is 3.92. The summed E-state index contributed by atoms with van der Waals surface area (Å²) in [6.07, 6.45) is 4.09. The Kier molecular flexibility index (Phi) is 3.78. The summed E-state index contributed by atoms with van der Waals surface area (Å²) in [6, 6.07) is 2.05. The first-order chi connectivity index (χ1) is 7.79. The molecule has 0 fully saturated rings. The molecule has 0 amide bonds. The zero-order chi connectivity index (χ0) is 11.1. The van der Waals surface area contributed by atoms with Crippen molar-refractivity contribution in [3.05, 3.63) is 27.0 Å². The fraction of sp³-hybridized carbons (Fsp3) is 0.364. The van der Waals surface area contributed by atoms with Crippen molar-refractivity contribution >= 4 is 35.3 Å². The Hall–Kier alpha value is -0.550. The Morgan fingerprint density at radius 3 is 3.06 bits per heavy atom. The number of hydrogen-bond donors (Lipinski definition) is 1. The van der Waals surface area contributed by atoms with Gasteiger partial charge in [-0.15, -0.1) is 23.7 Å². The number of nitrogens with zero attached hydrogens (tertiary/aromatic N) is 2. The van der Waals surface area contributed by atoms with E-state index in [1.54, 1.807) is 11.3 Å². The van der Waals surface area contributed by atoms with Crippen LogP contribution in [0.15, 0.2) is 12.3 Å². The lowest BCUT2D eigenvalue weighted by Gasteiger charge is -2.14. The molecule has 2 heterocycles. The summed E-state index contributed by atoms with van der Waals surface area (Å²) < 4.78 is 2.86. The molecule has 1 aliphatic rings. The van der Waals surface area contributed by atoms with Gasteiger partial charge in [0.1, 0.15) is 0 Å². The molecule has 0 atom stereocenters. The highest BCUT2D eigenvalue weighted by Crippen LogP contribution is 2.40. The van der Waals surface area contributed by atoms with E-state index in [1.807, 2.05) is 16.9 Å². The molecular weight excluding hydrogens is 277 g/mol. The molecule has 17 heavy (non-hydrogen) atoms. The summed E-state index contributed by atoms with van der Waals surface area (Å²) in [5.41, 5.74) is 9.38. The van der Waals surface area contributed by atoms with E-state index >= 15 is 0 Å². The van der Waals surface area contributed by atoms with Crippen molar-refractivity contribution < 1.29 is 0 Å². The normalized spacial score (nSPS) is 12.8. The SMILES string of the molecule is Cl.NCCn1ncc2c1-c1cc(Cl)sc1CC2. The molecule has 3 nitrogen and oxygen atoms in total. The van der Waals surface area contributed by atoms with E-state index in [0.29, 0.717) is 6.54 Å². The van der Waals surface area contributed by atoms with Gasteiger partial charge in [-0.25, -0.2) is 0 Å². The van der Waals surface area contributed by atoms with Gasteiger partial charge < -0.3 is 5.73 Å². The lowest BCUT2D eigenvalue weighted by molar-refractivity contribution is 0.630. The first-order valence-electron chi connectivity index (χ1n) is 5.33. The van der Waals surface area contributed by atoms with Crippen LogP contribution in [-0.4, -0.2) is 16.3 Å². The lowest BCUT2D eigenvalue weighted by atomic mass is 9.97. The van der Waals surface area contributed by atoms with Crippen LogP contribution in [0.25, 0.3) is 11.3 Å². The molecule has 92 valence electrons. The van der Waals surface area contributed by atoms with Gasteiger partial charge in [-0.3, -0.25) is 4.68 Å². The van der Waals surface area contributed by atoms with Gasteiger partial charge in [0.25, 0.3) is 0 Å². The average molecular weight is 290 g/mol. The summed E-state index contributed by atoms with van der Waals surface area (Å²) in [7, 11) is 0. The van der Waals surface area contributed by atoms with Crippen LogP contribution in [0.2, 0.25) is 4.34 Å². The number of rotatable bonds is 2. The maximum absolute atomic E-state index is 6.08. The number of halogens is 2. The van der Waals surface area contributed by atoms with Gasteiger partial charge in [-0.1, -0.05) is 11.6 Å². The van der Waals surface area contributed by atoms with E-state index in [2.05, 4.69) is 5.10 Å². The van der Waals surface area contributed by atoms with Crippen LogP contribution < -0.4 is 5.73 Å².